The Labute approximate surface area is 177 Å². The van der Waals surface area contributed by atoms with Crippen molar-refractivity contribution in [2.45, 2.75) is 57.7 Å². The van der Waals surface area contributed by atoms with Crippen LogP contribution >= 0.6 is 0 Å². The van der Waals surface area contributed by atoms with Gasteiger partial charge >= 0.3 is 6.18 Å². The third-order valence-electron chi connectivity index (χ3n) is 5.66. The summed E-state index contributed by atoms with van der Waals surface area (Å²) in [6.07, 6.45) is 0.471. The van der Waals surface area contributed by atoms with E-state index in [0.717, 1.165) is 6.07 Å². The SMILES string of the molecule is CC(C)c1cc(C(F)(F)F)c2c([C@@H]3CCCN(C(=O)CCn4cccn4)C3)noc2n1. The molecule has 1 saturated heterocycles. The van der Waals surface area contributed by atoms with Gasteiger partial charge in [0.2, 0.25) is 5.91 Å². The molecule has 0 bridgehead atoms. The highest BCUT2D eigenvalue weighted by Gasteiger charge is 2.38. The van der Waals surface area contributed by atoms with Crippen LogP contribution in [0.5, 0.6) is 0 Å². The van der Waals surface area contributed by atoms with Crippen molar-refractivity contribution < 1.29 is 22.5 Å². The van der Waals surface area contributed by atoms with Crippen molar-refractivity contribution in [2.24, 2.45) is 0 Å². The summed E-state index contributed by atoms with van der Waals surface area (Å²) in [7, 11) is 0. The van der Waals surface area contributed by atoms with Crippen LogP contribution in [0.1, 0.15) is 61.9 Å². The second kappa shape index (κ2) is 8.32. The molecule has 0 unspecified atom stereocenters. The Morgan fingerprint density at radius 2 is 2.16 bits per heavy atom. The fraction of sp³-hybridized carbons (Fsp3) is 0.524. The van der Waals surface area contributed by atoms with Gasteiger partial charge in [0.1, 0.15) is 0 Å². The summed E-state index contributed by atoms with van der Waals surface area (Å²) in [6, 6.07) is 2.87. The molecule has 10 heteroatoms. The highest BCUT2D eigenvalue weighted by atomic mass is 19.4. The van der Waals surface area contributed by atoms with E-state index in [1.807, 2.05) is 0 Å². The van der Waals surface area contributed by atoms with Gasteiger partial charge in [-0.05, 0) is 30.9 Å². The van der Waals surface area contributed by atoms with Crippen LogP contribution in [0.4, 0.5) is 13.2 Å². The Morgan fingerprint density at radius 3 is 2.84 bits per heavy atom. The number of aromatic nitrogens is 4. The van der Waals surface area contributed by atoms with Crippen LogP contribution in [0.25, 0.3) is 11.1 Å². The molecule has 4 heterocycles. The van der Waals surface area contributed by atoms with Gasteiger partial charge in [0, 0.05) is 50.1 Å². The van der Waals surface area contributed by atoms with Crippen LogP contribution in [0.2, 0.25) is 0 Å². The zero-order valence-corrected chi connectivity index (χ0v) is 17.4. The monoisotopic (exact) mass is 435 g/mol. The first kappa shape index (κ1) is 21.3. The molecule has 0 radical (unpaired) electrons. The van der Waals surface area contributed by atoms with E-state index in [1.54, 1.807) is 41.9 Å². The summed E-state index contributed by atoms with van der Waals surface area (Å²) in [5.74, 6) is -0.572. The van der Waals surface area contributed by atoms with Crippen molar-refractivity contribution in [3.63, 3.8) is 0 Å². The number of alkyl halides is 3. The van der Waals surface area contributed by atoms with Crippen LogP contribution in [-0.2, 0) is 17.5 Å². The van der Waals surface area contributed by atoms with Crippen molar-refractivity contribution in [3.05, 3.63) is 41.5 Å². The van der Waals surface area contributed by atoms with Crippen LogP contribution < -0.4 is 0 Å². The number of carbonyl (C=O) groups is 1. The summed E-state index contributed by atoms with van der Waals surface area (Å²) < 4.78 is 48.5. The summed E-state index contributed by atoms with van der Waals surface area (Å²) in [5.41, 5.74) is -0.341. The lowest BCUT2D eigenvalue weighted by Crippen LogP contribution is -2.39. The number of piperidine rings is 1. The molecule has 31 heavy (non-hydrogen) atoms. The van der Waals surface area contributed by atoms with Crippen molar-refractivity contribution in [1.29, 1.82) is 0 Å². The largest absolute Gasteiger partial charge is 0.417 e. The van der Waals surface area contributed by atoms with E-state index in [0.29, 0.717) is 38.2 Å². The third kappa shape index (κ3) is 4.42. The molecule has 0 N–H and O–H groups in total. The lowest BCUT2D eigenvalue weighted by molar-refractivity contribution is -0.136. The van der Waals surface area contributed by atoms with Gasteiger partial charge in [-0.3, -0.25) is 9.48 Å². The lowest BCUT2D eigenvalue weighted by atomic mass is 9.91. The van der Waals surface area contributed by atoms with Gasteiger partial charge < -0.3 is 9.42 Å². The van der Waals surface area contributed by atoms with E-state index in [9.17, 15) is 18.0 Å². The summed E-state index contributed by atoms with van der Waals surface area (Å²) in [4.78, 5) is 18.6. The maximum atomic E-state index is 13.9. The fourth-order valence-electron chi connectivity index (χ4n) is 4.02. The normalized spacial score (nSPS) is 17.6. The molecule has 1 aliphatic heterocycles. The number of amides is 1. The van der Waals surface area contributed by atoms with Gasteiger partial charge in [-0.25, -0.2) is 4.98 Å². The van der Waals surface area contributed by atoms with Gasteiger partial charge in [0.25, 0.3) is 5.71 Å². The molecule has 1 atom stereocenters. The molecule has 1 amide bonds. The molecule has 1 aliphatic rings. The molecule has 1 fully saturated rings. The van der Waals surface area contributed by atoms with E-state index < -0.39 is 11.7 Å². The molecule has 3 aromatic rings. The third-order valence-corrected chi connectivity index (χ3v) is 5.66. The number of aryl methyl sites for hydroxylation is 1. The lowest BCUT2D eigenvalue weighted by Gasteiger charge is -2.32. The predicted octanol–water partition coefficient (Wildman–Crippen LogP) is 4.36. The first-order chi connectivity index (χ1) is 14.7. The van der Waals surface area contributed by atoms with Gasteiger partial charge in [-0.15, -0.1) is 0 Å². The minimum absolute atomic E-state index is 0.0516. The molecular formula is C21H24F3N5O2. The standard InChI is InChI=1S/C21H24F3N5O2/c1-13(2)16-11-15(21(22,23)24)18-19(27-31-20(18)26-16)14-5-3-8-28(12-14)17(30)6-10-29-9-4-7-25-29/h4,7,9,11,13-14H,3,5-6,8,10,12H2,1-2H3/t14-/m1/s1. The number of halogens is 3. The minimum Gasteiger partial charge on any atom is -0.342 e. The second-order valence-corrected chi connectivity index (χ2v) is 8.19. The number of hydrogen-bond donors (Lipinski definition) is 0. The number of fused-ring (bicyclic) bond motifs is 1. The fourth-order valence-corrected chi connectivity index (χ4v) is 4.02. The molecule has 0 aliphatic carbocycles. The highest BCUT2D eigenvalue weighted by molar-refractivity contribution is 5.82. The molecule has 0 aromatic carbocycles. The maximum Gasteiger partial charge on any atom is 0.417 e. The van der Waals surface area contributed by atoms with E-state index in [1.165, 1.54) is 0 Å². The first-order valence-corrected chi connectivity index (χ1v) is 10.4. The number of likely N-dealkylation sites (tertiary alicyclic amines) is 1. The van der Waals surface area contributed by atoms with E-state index in [4.69, 9.17) is 4.52 Å². The van der Waals surface area contributed by atoms with Crippen molar-refractivity contribution in [3.8, 4) is 0 Å². The highest BCUT2D eigenvalue weighted by Crippen LogP contribution is 2.40. The summed E-state index contributed by atoms with van der Waals surface area (Å²) in [6.45, 7) is 4.90. The summed E-state index contributed by atoms with van der Waals surface area (Å²) >= 11 is 0. The Morgan fingerprint density at radius 1 is 1.35 bits per heavy atom. The van der Waals surface area contributed by atoms with E-state index in [2.05, 4.69) is 15.2 Å². The van der Waals surface area contributed by atoms with Crippen LogP contribution in [0.15, 0.2) is 29.0 Å². The van der Waals surface area contributed by atoms with Gasteiger partial charge in [0.15, 0.2) is 0 Å². The Hall–Kier alpha value is -2.91. The zero-order chi connectivity index (χ0) is 22.2. The van der Waals surface area contributed by atoms with Crippen LogP contribution in [0.3, 0.4) is 0 Å². The van der Waals surface area contributed by atoms with Crippen molar-refractivity contribution in [1.82, 2.24) is 24.8 Å². The molecule has 0 spiro atoms. The average molecular weight is 435 g/mol. The second-order valence-electron chi connectivity index (χ2n) is 8.19. The van der Waals surface area contributed by atoms with Gasteiger partial charge in [-0.1, -0.05) is 19.0 Å². The molecule has 166 valence electrons. The van der Waals surface area contributed by atoms with E-state index >= 15 is 0 Å². The predicted molar refractivity (Wildman–Crippen MR) is 106 cm³/mol. The maximum absolute atomic E-state index is 13.9. The summed E-state index contributed by atoms with van der Waals surface area (Å²) in [5, 5.41) is 7.98. The Kier molecular flexibility index (Phi) is 5.72. The average Bonchev–Trinajstić information content (AvgIpc) is 3.40. The molecule has 4 rings (SSSR count). The van der Waals surface area contributed by atoms with Gasteiger partial charge in [-0.2, -0.15) is 18.3 Å². The quantitative estimate of drug-likeness (QED) is 0.595. The number of nitrogens with zero attached hydrogens (tertiary/aromatic N) is 5. The molecular weight excluding hydrogens is 411 g/mol. The first-order valence-electron chi connectivity index (χ1n) is 10.4. The number of carbonyl (C=O) groups excluding carboxylic acids is 1. The number of hydrogen-bond acceptors (Lipinski definition) is 5. The smallest absolute Gasteiger partial charge is 0.342 e. The van der Waals surface area contributed by atoms with Crippen LogP contribution in [0, 0.1) is 0 Å². The van der Waals surface area contributed by atoms with Crippen molar-refractivity contribution in [2.75, 3.05) is 13.1 Å². The van der Waals surface area contributed by atoms with Crippen molar-refractivity contribution >= 4 is 17.0 Å². The molecule has 3 aromatic heterocycles. The Bertz CT molecular complexity index is 1060. The molecule has 0 saturated carbocycles. The Balaban J connectivity index is 1.60. The number of rotatable bonds is 5. The zero-order valence-electron chi connectivity index (χ0n) is 17.4. The number of pyridine rings is 1. The topological polar surface area (TPSA) is 77.0 Å². The van der Waals surface area contributed by atoms with E-state index in [-0.39, 0.29) is 41.0 Å². The molecule has 7 nitrogen and oxygen atoms in total. The van der Waals surface area contributed by atoms with Crippen LogP contribution in [-0.4, -0.2) is 43.8 Å². The van der Waals surface area contributed by atoms with Gasteiger partial charge in [0.05, 0.1) is 16.6 Å². The minimum atomic E-state index is -4.56.